The minimum Gasteiger partial charge on any atom is -0.388 e. The van der Waals surface area contributed by atoms with Gasteiger partial charge in [0, 0.05) is 6.42 Å². The predicted molar refractivity (Wildman–Crippen MR) is 103 cm³/mol. The molecule has 2 heterocycles. The molecule has 0 saturated carbocycles. The van der Waals surface area contributed by atoms with Crippen LogP contribution in [0.5, 0.6) is 0 Å². The van der Waals surface area contributed by atoms with Crippen LogP contribution in [0.4, 0.5) is 4.39 Å². The Bertz CT molecular complexity index is 892. The Morgan fingerprint density at radius 1 is 1.07 bits per heavy atom. The van der Waals surface area contributed by atoms with Crippen molar-refractivity contribution in [1.82, 2.24) is 15.0 Å². The van der Waals surface area contributed by atoms with E-state index in [9.17, 15) is 9.50 Å². The summed E-state index contributed by atoms with van der Waals surface area (Å²) in [5.41, 5.74) is 1.54. The Balaban J connectivity index is 1.29. The van der Waals surface area contributed by atoms with Gasteiger partial charge in [-0.3, -0.25) is 4.90 Å². The molecule has 0 spiro atoms. The van der Waals surface area contributed by atoms with Gasteiger partial charge in [-0.15, -0.1) is 0 Å². The van der Waals surface area contributed by atoms with Gasteiger partial charge in [0.15, 0.2) is 5.82 Å². The number of likely N-dealkylation sites (tertiary alicyclic amines) is 1. The van der Waals surface area contributed by atoms with Crippen LogP contribution in [0, 0.1) is 11.7 Å². The van der Waals surface area contributed by atoms with E-state index in [1.807, 2.05) is 30.3 Å². The largest absolute Gasteiger partial charge is 0.388 e. The quantitative estimate of drug-likeness (QED) is 0.705. The van der Waals surface area contributed by atoms with Gasteiger partial charge in [0.1, 0.15) is 5.82 Å². The fourth-order valence-electron chi connectivity index (χ4n) is 3.78. The first-order valence-corrected chi connectivity index (χ1v) is 9.69. The lowest BCUT2D eigenvalue weighted by atomic mass is 9.87. The molecule has 0 radical (unpaired) electrons. The molecule has 1 aliphatic heterocycles. The Morgan fingerprint density at radius 3 is 2.54 bits per heavy atom. The smallest absolute Gasteiger partial charge is 0.240 e. The summed E-state index contributed by atoms with van der Waals surface area (Å²) in [7, 11) is 0. The zero-order valence-electron chi connectivity index (χ0n) is 15.7. The molecule has 146 valence electrons. The van der Waals surface area contributed by atoms with Crippen molar-refractivity contribution >= 4 is 0 Å². The van der Waals surface area contributed by atoms with Crippen molar-refractivity contribution in [2.24, 2.45) is 5.92 Å². The van der Waals surface area contributed by atoms with Gasteiger partial charge in [0.25, 0.3) is 0 Å². The van der Waals surface area contributed by atoms with Crippen molar-refractivity contribution in [3.63, 3.8) is 0 Å². The first-order valence-electron chi connectivity index (χ1n) is 9.69. The van der Waals surface area contributed by atoms with Crippen LogP contribution in [-0.2, 0) is 13.0 Å². The number of hydrogen-bond donors (Lipinski definition) is 1. The van der Waals surface area contributed by atoms with Crippen LogP contribution >= 0.6 is 0 Å². The third-order valence-corrected chi connectivity index (χ3v) is 5.40. The van der Waals surface area contributed by atoms with E-state index < -0.39 is 6.10 Å². The number of nitrogens with zero attached hydrogens (tertiary/aromatic N) is 3. The first kappa shape index (κ1) is 18.8. The number of aliphatic hydroxyl groups excluding tert-OH is 1. The molecule has 1 saturated heterocycles. The molecule has 28 heavy (non-hydrogen) atoms. The minimum absolute atomic E-state index is 0.257. The fourth-order valence-corrected chi connectivity index (χ4v) is 3.78. The predicted octanol–water partition coefficient (Wildman–Crippen LogP) is 3.75. The molecule has 1 aliphatic rings. The number of rotatable bonds is 6. The number of piperidine rings is 1. The molecule has 2 aromatic carbocycles. The molecule has 0 unspecified atom stereocenters. The van der Waals surface area contributed by atoms with E-state index in [1.54, 1.807) is 18.2 Å². The van der Waals surface area contributed by atoms with Crippen molar-refractivity contribution in [3.8, 4) is 0 Å². The summed E-state index contributed by atoms with van der Waals surface area (Å²) < 4.78 is 19.1. The minimum atomic E-state index is -0.417. The molecule has 1 atom stereocenters. The molecule has 1 N–H and O–H groups in total. The summed E-state index contributed by atoms with van der Waals surface area (Å²) in [6.45, 7) is 2.33. The van der Waals surface area contributed by atoms with E-state index in [2.05, 4.69) is 15.0 Å². The lowest BCUT2D eigenvalue weighted by Gasteiger charge is -2.33. The topological polar surface area (TPSA) is 62.4 Å². The van der Waals surface area contributed by atoms with Crippen molar-refractivity contribution in [2.45, 2.75) is 31.9 Å². The highest BCUT2D eigenvalue weighted by atomic mass is 19.1. The van der Waals surface area contributed by atoms with E-state index in [0.29, 0.717) is 30.2 Å². The fraction of sp³-hybridized carbons (Fsp3) is 0.364. The first-order chi connectivity index (χ1) is 13.7. The van der Waals surface area contributed by atoms with E-state index in [-0.39, 0.29) is 11.7 Å². The van der Waals surface area contributed by atoms with Crippen LogP contribution in [0.3, 0.4) is 0 Å². The molecule has 6 heteroatoms. The number of benzene rings is 2. The average molecular weight is 381 g/mol. The molecule has 0 amide bonds. The molecule has 0 bridgehead atoms. The van der Waals surface area contributed by atoms with Crippen molar-refractivity contribution in [2.75, 3.05) is 13.1 Å². The van der Waals surface area contributed by atoms with E-state index >= 15 is 0 Å². The number of aliphatic hydroxyl groups is 1. The molecule has 0 aliphatic carbocycles. The highest BCUT2D eigenvalue weighted by molar-refractivity contribution is 5.21. The summed E-state index contributed by atoms with van der Waals surface area (Å²) in [5, 5.41) is 14.6. The van der Waals surface area contributed by atoms with Crippen molar-refractivity contribution in [3.05, 3.63) is 83.3 Å². The van der Waals surface area contributed by atoms with Gasteiger partial charge in [-0.2, -0.15) is 4.98 Å². The van der Waals surface area contributed by atoms with Gasteiger partial charge in [-0.25, -0.2) is 4.39 Å². The van der Waals surface area contributed by atoms with Crippen LogP contribution in [0.25, 0.3) is 0 Å². The average Bonchev–Trinajstić information content (AvgIpc) is 3.17. The van der Waals surface area contributed by atoms with Crippen LogP contribution in [-0.4, -0.2) is 33.2 Å². The normalized spacial score (nSPS) is 16.9. The standard InChI is InChI=1S/C22H24FN3O2/c23-19-9-5-4-8-18(19)14-20-24-21(28-25-20)15-26-12-10-17(11-13-26)22(27)16-6-2-1-3-7-16/h1-9,17,22,27H,10-15H2/t22-/m0/s1. The lowest BCUT2D eigenvalue weighted by Crippen LogP contribution is -2.35. The van der Waals surface area contributed by atoms with Gasteiger partial charge in [-0.1, -0.05) is 53.7 Å². The van der Waals surface area contributed by atoms with Gasteiger partial charge in [0.05, 0.1) is 12.6 Å². The second kappa shape index (κ2) is 8.63. The maximum absolute atomic E-state index is 13.8. The molecule has 1 fully saturated rings. The lowest BCUT2D eigenvalue weighted by molar-refractivity contribution is 0.0538. The van der Waals surface area contributed by atoms with Crippen molar-refractivity contribution < 1.29 is 14.0 Å². The van der Waals surface area contributed by atoms with Gasteiger partial charge in [0.2, 0.25) is 5.89 Å². The third kappa shape index (κ3) is 4.46. The summed E-state index contributed by atoms with van der Waals surface area (Å²) in [5.74, 6) is 1.05. The van der Waals surface area contributed by atoms with Gasteiger partial charge in [-0.05, 0) is 49.0 Å². The Morgan fingerprint density at radius 2 is 1.79 bits per heavy atom. The molecule has 1 aromatic heterocycles. The van der Waals surface area contributed by atoms with Gasteiger partial charge >= 0.3 is 0 Å². The molecule has 3 aromatic rings. The highest BCUT2D eigenvalue weighted by Gasteiger charge is 2.27. The van der Waals surface area contributed by atoms with Crippen molar-refractivity contribution in [1.29, 1.82) is 0 Å². The number of aromatic nitrogens is 2. The second-order valence-electron chi connectivity index (χ2n) is 7.34. The van der Waals surface area contributed by atoms with E-state index in [4.69, 9.17) is 4.52 Å². The summed E-state index contributed by atoms with van der Waals surface area (Å²) in [6, 6.07) is 16.5. The SMILES string of the molecule is O[C@@H](c1ccccc1)C1CCN(Cc2nc(Cc3ccccc3F)no2)CC1. The zero-order chi connectivity index (χ0) is 19.3. The maximum atomic E-state index is 13.8. The summed E-state index contributed by atoms with van der Waals surface area (Å²) in [4.78, 5) is 6.67. The molecule has 4 rings (SSSR count). The van der Waals surface area contributed by atoms with Crippen LogP contribution in [0.1, 0.15) is 41.8 Å². The monoisotopic (exact) mass is 381 g/mol. The summed E-state index contributed by atoms with van der Waals surface area (Å²) >= 11 is 0. The Labute approximate surface area is 163 Å². The zero-order valence-corrected chi connectivity index (χ0v) is 15.7. The number of halogens is 1. The third-order valence-electron chi connectivity index (χ3n) is 5.40. The number of hydrogen-bond acceptors (Lipinski definition) is 5. The Kier molecular flexibility index (Phi) is 5.78. The van der Waals surface area contributed by atoms with Gasteiger partial charge < -0.3 is 9.63 Å². The Hall–Kier alpha value is -2.57. The van der Waals surface area contributed by atoms with Crippen LogP contribution in [0.2, 0.25) is 0 Å². The maximum Gasteiger partial charge on any atom is 0.240 e. The van der Waals surface area contributed by atoms with E-state index in [1.165, 1.54) is 6.07 Å². The van der Waals surface area contributed by atoms with Crippen LogP contribution < -0.4 is 0 Å². The second-order valence-corrected chi connectivity index (χ2v) is 7.34. The summed E-state index contributed by atoms with van der Waals surface area (Å²) in [6.07, 6.45) is 1.75. The molecular weight excluding hydrogens is 357 g/mol. The molecular formula is C22H24FN3O2. The van der Waals surface area contributed by atoms with Crippen LogP contribution in [0.15, 0.2) is 59.1 Å². The molecule has 5 nitrogen and oxygen atoms in total. The highest BCUT2D eigenvalue weighted by Crippen LogP contribution is 2.31. The van der Waals surface area contributed by atoms with E-state index in [0.717, 1.165) is 31.5 Å².